The molecular formula is C24H22O2. The highest BCUT2D eigenvalue weighted by molar-refractivity contribution is 5.97. The van der Waals surface area contributed by atoms with E-state index in [1.54, 1.807) is 0 Å². The Morgan fingerprint density at radius 1 is 1.00 bits per heavy atom. The molecule has 0 fully saturated rings. The van der Waals surface area contributed by atoms with Crippen LogP contribution in [0.2, 0.25) is 0 Å². The van der Waals surface area contributed by atoms with Gasteiger partial charge in [0.15, 0.2) is 0 Å². The number of carbonyl (C=O) groups excluding carboxylic acids is 1. The topological polar surface area (TPSA) is 26.3 Å². The first-order chi connectivity index (χ1) is 12.7. The van der Waals surface area contributed by atoms with Gasteiger partial charge >= 0.3 is 5.97 Å². The lowest BCUT2D eigenvalue weighted by Crippen LogP contribution is -2.23. The quantitative estimate of drug-likeness (QED) is 0.527. The molecule has 2 heteroatoms. The van der Waals surface area contributed by atoms with Crippen molar-refractivity contribution in [1.29, 1.82) is 0 Å². The molecule has 130 valence electrons. The van der Waals surface area contributed by atoms with E-state index in [0.29, 0.717) is 17.2 Å². The van der Waals surface area contributed by atoms with Crippen LogP contribution in [-0.2, 0) is 4.79 Å². The molecule has 0 amide bonds. The lowest BCUT2D eigenvalue weighted by Gasteiger charge is -2.30. The van der Waals surface area contributed by atoms with Gasteiger partial charge in [-0.1, -0.05) is 68.5 Å². The molecule has 0 saturated heterocycles. The average molecular weight is 342 g/mol. The van der Waals surface area contributed by atoms with Crippen LogP contribution in [-0.4, -0.2) is 5.97 Å². The molecule has 2 nitrogen and oxygen atoms in total. The van der Waals surface area contributed by atoms with Gasteiger partial charge in [0.25, 0.3) is 0 Å². The Labute approximate surface area is 154 Å². The second kappa shape index (κ2) is 6.80. The number of carbonyl (C=O) groups is 1. The second-order valence-electron chi connectivity index (χ2n) is 6.95. The van der Waals surface area contributed by atoms with Crippen molar-refractivity contribution in [3.8, 4) is 5.75 Å². The van der Waals surface area contributed by atoms with Crippen LogP contribution in [0.5, 0.6) is 5.75 Å². The summed E-state index contributed by atoms with van der Waals surface area (Å²) in [6, 6.07) is 7.85. The van der Waals surface area contributed by atoms with Crippen LogP contribution in [0.25, 0.3) is 0 Å². The third-order valence-electron chi connectivity index (χ3n) is 5.36. The molecular weight excluding hydrogens is 320 g/mol. The van der Waals surface area contributed by atoms with Gasteiger partial charge in [0.05, 0.1) is 5.57 Å². The highest BCUT2D eigenvalue weighted by Crippen LogP contribution is 2.41. The van der Waals surface area contributed by atoms with Crippen molar-refractivity contribution in [3.63, 3.8) is 0 Å². The van der Waals surface area contributed by atoms with Gasteiger partial charge in [-0.05, 0) is 52.8 Å². The van der Waals surface area contributed by atoms with Crippen LogP contribution in [0.15, 0.2) is 95.2 Å². The summed E-state index contributed by atoms with van der Waals surface area (Å²) in [6.07, 6.45) is 17.4. The standard InChI is InChI=1S/C24H22O2/c1-3-16(2)17-10-13-20(14-11-17)26-24(25)22-15-12-19-7-4-6-18-8-5-9-21(22)23(18)19/h4-16,23H,3H2,1-2H3. The molecule has 1 aromatic carbocycles. The number of hydrogen-bond donors (Lipinski definition) is 0. The number of benzene rings is 1. The third-order valence-corrected chi connectivity index (χ3v) is 5.36. The maximum absolute atomic E-state index is 12.8. The van der Waals surface area contributed by atoms with Crippen molar-refractivity contribution in [3.05, 3.63) is 101 Å². The first kappa shape index (κ1) is 16.6. The first-order valence-electron chi connectivity index (χ1n) is 9.18. The first-order valence-corrected chi connectivity index (χ1v) is 9.18. The zero-order valence-electron chi connectivity index (χ0n) is 15.1. The molecule has 0 saturated carbocycles. The van der Waals surface area contributed by atoms with Gasteiger partial charge < -0.3 is 4.74 Å². The van der Waals surface area contributed by atoms with Crippen molar-refractivity contribution < 1.29 is 9.53 Å². The van der Waals surface area contributed by atoms with Gasteiger partial charge in [0.1, 0.15) is 5.75 Å². The van der Waals surface area contributed by atoms with Crippen molar-refractivity contribution in [2.45, 2.75) is 26.2 Å². The van der Waals surface area contributed by atoms with Crippen LogP contribution in [0.3, 0.4) is 0 Å². The SMILES string of the molecule is CCC(C)c1ccc(OC(=O)C2=CC=C3C=CC=C4C=CC=C2C43)cc1. The molecule has 1 aromatic rings. The fourth-order valence-electron chi connectivity index (χ4n) is 3.65. The minimum Gasteiger partial charge on any atom is -0.423 e. The van der Waals surface area contributed by atoms with Crippen molar-refractivity contribution in [2.75, 3.05) is 0 Å². The zero-order chi connectivity index (χ0) is 18.1. The van der Waals surface area contributed by atoms with E-state index in [0.717, 1.165) is 12.0 Å². The molecule has 3 aliphatic rings. The summed E-state index contributed by atoms with van der Waals surface area (Å²) < 4.78 is 5.65. The van der Waals surface area contributed by atoms with Gasteiger partial charge in [-0.25, -0.2) is 4.79 Å². The van der Waals surface area contributed by atoms with Crippen LogP contribution in [0, 0.1) is 5.92 Å². The predicted octanol–water partition coefficient (Wildman–Crippen LogP) is 5.58. The summed E-state index contributed by atoms with van der Waals surface area (Å²) in [5, 5.41) is 0. The maximum atomic E-state index is 12.8. The molecule has 0 bridgehead atoms. The minimum absolute atomic E-state index is 0.144. The molecule has 0 aliphatic heterocycles. The highest BCUT2D eigenvalue weighted by atomic mass is 16.5. The third kappa shape index (κ3) is 2.92. The van der Waals surface area contributed by atoms with E-state index in [2.05, 4.69) is 38.2 Å². The Morgan fingerprint density at radius 2 is 1.69 bits per heavy atom. The molecule has 2 atom stereocenters. The Balaban J connectivity index is 1.57. The molecule has 2 unspecified atom stereocenters. The predicted molar refractivity (Wildman–Crippen MR) is 105 cm³/mol. The smallest absolute Gasteiger partial charge is 0.343 e. The van der Waals surface area contributed by atoms with E-state index in [1.165, 1.54) is 16.7 Å². The number of allylic oxidation sites excluding steroid dienone is 10. The molecule has 26 heavy (non-hydrogen) atoms. The molecule has 4 rings (SSSR count). The largest absolute Gasteiger partial charge is 0.423 e. The van der Waals surface area contributed by atoms with E-state index < -0.39 is 0 Å². The van der Waals surface area contributed by atoms with Crippen molar-refractivity contribution in [2.24, 2.45) is 5.92 Å². The van der Waals surface area contributed by atoms with Gasteiger partial charge in [-0.3, -0.25) is 0 Å². The highest BCUT2D eigenvalue weighted by Gasteiger charge is 2.32. The Morgan fingerprint density at radius 3 is 2.42 bits per heavy atom. The van der Waals surface area contributed by atoms with Crippen molar-refractivity contribution >= 4 is 5.97 Å². The summed E-state index contributed by atoms with van der Waals surface area (Å²) in [4.78, 5) is 12.8. The second-order valence-corrected chi connectivity index (χ2v) is 6.95. The van der Waals surface area contributed by atoms with E-state index in [-0.39, 0.29) is 11.9 Å². The molecule has 0 spiro atoms. The fraction of sp³-hybridized carbons (Fsp3) is 0.208. The van der Waals surface area contributed by atoms with Gasteiger partial charge in [0, 0.05) is 5.92 Å². The summed E-state index contributed by atoms with van der Waals surface area (Å²) in [7, 11) is 0. The molecule has 3 aliphatic carbocycles. The monoisotopic (exact) mass is 342 g/mol. The van der Waals surface area contributed by atoms with E-state index in [9.17, 15) is 4.79 Å². The molecule has 0 N–H and O–H groups in total. The summed E-state index contributed by atoms with van der Waals surface area (Å²) >= 11 is 0. The normalized spacial score (nSPS) is 21.1. The fourth-order valence-corrected chi connectivity index (χ4v) is 3.65. The average Bonchev–Trinajstić information content (AvgIpc) is 2.68. The number of ether oxygens (including phenoxy) is 1. The van der Waals surface area contributed by atoms with Crippen LogP contribution in [0.4, 0.5) is 0 Å². The minimum atomic E-state index is -0.299. The van der Waals surface area contributed by atoms with E-state index in [4.69, 9.17) is 4.74 Å². The molecule has 0 radical (unpaired) electrons. The van der Waals surface area contributed by atoms with Gasteiger partial charge in [-0.15, -0.1) is 0 Å². The van der Waals surface area contributed by atoms with Gasteiger partial charge in [-0.2, -0.15) is 0 Å². The summed E-state index contributed by atoms with van der Waals surface area (Å²) in [6.45, 7) is 4.37. The summed E-state index contributed by atoms with van der Waals surface area (Å²) in [5.74, 6) is 0.939. The van der Waals surface area contributed by atoms with E-state index >= 15 is 0 Å². The summed E-state index contributed by atoms with van der Waals surface area (Å²) in [5.41, 5.74) is 5.35. The Kier molecular flexibility index (Phi) is 4.34. The molecule has 0 aromatic heterocycles. The lowest BCUT2D eigenvalue weighted by molar-refractivity contribution is -0.129. The van der Waals surface area contributed by atoms with Gasteiger partial charge in [0.2, 0.25) is 0 Å². The number of esters is 1. The maximum Gasteiger partial charge on any atom is 0.343 e. The van der Waals surface area contributed by atoms with Crippen LogP contribution in [0.1, 0.15) is 31.7 Å². The van der Waals surface area contributed by atoms with Crippen LogP contribution >= 0.6 is 0 Å². The zero-order valence-corrected chi connectivity index (χ0v) is 15.1. The Hall–Kier alpha value is -2.87. The number of hydrogen-bond acceptors (Lipinski definition) is 2. The van der Waals surface area contributed by atoms with Crippen molar-refractivity contribution in [1.82, 2.24) is 0 Å². The Bertz CT molecular complexity index is 917. The van der Waals surface area contributed by atoms with E-state index in [1.807, 2.05) is 48.6 Å². The van der Waals surface area contributed by atoms with Crippen LogP contribution < -0.4 is 4.74 Å². The number of rotatable bonds is 4. The molecule has 0 heterocycles. The lowest BCUT2D eigenvalue weighted by atomic mass is 9.73.